The van der Waals surface area contributed by atoms with Gasteiger partial charge in [-0.25, -0.2) is 4.79 Å². The first kappa shape index (κ1) is 28.3. The second-order valence-corrected chi connectivity index (χ2v) is 8.53. The number of benzene rings is 1. The second kappa shape index (κ2) is 19.9. The summed E-state index contributed by atoms with van der Waals surface area (Å²) in [6, 6.07) is 5.13. The fourth-order valence-electron chi connectivity index (χ4n) is 3.90. The highest BCUT2D eigenvalue weighted by Gasteiger charge is 2.20. The maximum absolute atomic E-state index is 12.3. The lowest BCUT2D eigenvalue weighted by Gasteiger charge is -2.11. The topological polar surface area (TPSA) is 54.0 Å². The van der Waals surface area contributed by atoms with Gasteiger partial charge in [0.05, 0.1) is 20.8 Å². The molecule has 0 aromatic heterocycles. The molecule has 0 atom stereocenters. The summed E-state index contributed by atoms with van der Waals surface area (Å²) >= 11 is 0. The summed E-state index contributed by atoms with van der Waals surface area (Å²) in [5.41, 5.74) is 0.240. The summed E-state index contributed by atoms with van der Waals surface area (Å²) in [6.45, 7) is 2.68. The fourth-order valence-corrected chi connectivity index (χ4v) is 3.90. The molecule has 1 aromatic rings. The van der Waals surface area contributed by atoms with Gasteiger partial charge in [-0.3, -0.25) is 4.89 Å². The van der Waals surface area contributed by atoms with Crippen molar-refractivity contribution < 1.29 is 24.0 Å². The normalized spacial score (nSPS) is 10.8. The van der Waals surface area contributed by atoms with E-state index in [4.69, 9.17) is 19.2 Å². The van der Waals surface area contributed by atoms with Crippen molar-refractivity contribution in [3.05, 3.63) is 23.8 Å². The van der Waals surface area contributed by atoms with Crippen molar-refractivity contribution in [3.8, 4) is 11.5 Å². The van der Waals surface area contributed by atoms with Crippen LogP contribution in [0.1, 0.15) is 120 Å². The molecule has 0 bridgehead atoms. The van der Waals surface area contributed by atoms with Gasteiger partial charge >= 0.3 is 5.97 Å². The van der Waals surface area contributed by atoms with Crippen LogP contribution in [-0.2, 0) is 9.78 Å². The molecule has 0 aliphatic heterocycles. The van der Waals surface area contributed by atoms with Gasteiger partial charge in [0.25, 0.3) is 0 Å². The van der Waals surface area contributed by atoms with Crippen LogP contribution in [0.25, 0.3) is 0 Å². The molecule has 0 fully saturated rings. The van der Waals surface area contributed by atoms with E-state index in [2.05, 4.69) is 6.92 Å². The summed E-state index contributed by atoms with van der Waals surface area (Å²) in [4.78, 5) is 22.3. The number of hydrogen-bond acceptors (Lipinski definition) is 5. The van der Waals surface area contributed by atoms with Gasteiger partial charge in [0.2, 0.25) is 0 Å². The Bertz CT molecular complexity index is 565. The molecule has 5 heteroatoms. The minimum Gasteiger partial charge on any atom is -0.496 e. The zero-order chi connectivity index (χ0) is 23.3. The summed E-state index contributed by atoms with van der Waals surface area (Å²) in [7, 11) is 3.01. The molecule has 0 heterocycles. The first-order chi connectivity index (χ1) is 15.7. The van der Waals surface area contributed by atoms with Crippen LogP contribution >= 0.6 is 0 Å². The Morgan fingerprint density at radius 3 is 1.47 bits per heavy atom. The summed E-state index contributed by atoms with van der Waals surface area (Å²) in [5, 5.41) is 0. The average molecular weight is 451 g/mol. The highest BCUT2D eigenvalue weighted by atomic mass is 17.2. The van der Waals surface area contributed by atoms with Gasteiger partial charge in [-0.1, -0.05) is 109 Å². The van der Waals surface area contributed by atoms with Crippen molar-refractivity contribution in [1.82, 2.24) is 0 Å². The van der Waals surface area contributed by atoms with Gasteiger partial charge in [-0.15, -0.1) is 0 Å². The van der Waals surface area contributed by atoms with Gasteiger partial charge in [0.15, 0.2) is 0 Å². The number of ether oxygens (including phenoxy) is 2. The second-order valence-electron chi connectivity index (χ2n) is 8.53. The largest absolute Gasteiger partial charge is 0.496 e. The van der Waals surface area contributed by atoms with Gasteiger partial charge < -0.3 is 9.47 Å². The van der Waals surface area contributed by atoms with Crippen molar-refractivity contribution in [2.45, 2.75) is 110 Å². The molecular weight excluding hydrogens is 404 g/mol. The minimum absolute atomic E-state index is 0.240. The van der Waals surface area contributed by atoms with Crippen LogP contribution in [0.15, 0.2) is 18.2 Å². The van der Waals surface area contributed by atoms with E-state index < -0.39 is 5.97 Å². The van der Waals surface area contributed by atoms with E-state index in [0.717, 1.165) is 12.8 Å². The van der Waals surface area contributed by atoms with Crippen LogP contribution < -0.4 is 9.47 Å². The number of carbonyl (C=O) groups is 1. The van der Waals surface area contributed by atoms with Gasteiger partial charge in [-0.05, 0) is 18.6 Å². The molecule has 0 spiro atoms. The van der Waals surface area contributed by atoms with Crippen molar-refractivity contribution in [1.29, 1.82) is 0 Å². The Kier molecular flexibility index (Phi) is 17.6. The molecule has 1 rings (SSSR count). The lowest BCUT2D eigenvalue weighted by atomic mass is 10.0. The van der Waals surface area contributed by atoms with Crippen molar-refractivity contribution >= 4 is 5.97 Å². The average Bonchev–Trinajstić information content (AvgIpc) is 2.82. The SMILES string of the molecule is CCCCCCCCCCCCCCCCCCOOC(=O)c1c(OC)cccc1OC. The van der Waals surface area contributed by atoms with Crippen molar-refractivity contribution in [2.75, 3.05) is 20.8 Å². The van der Waals surface area contributed by atoms with Gasteiger partial charge in [-0.2, -0.15) is 4.89 Å². The van der Waals surface area contributed by atoms with E-state index in [0.29, 0.717) is 18.1 Å². The number of methoxy groups -OCH3 is 2. The van der Waals surface area contributed by atoms with Gasteiger partial charge in [0, 0.05) is 0 Å². The van der Waals surface area contributed by atoms with Crippen LogP contribution in [-0.4, -0.2) is 26.8 Å². The third kappa shape index (κ3) is 12.9. The molecule has 0 aliphatic carbocycles. The molecule has 0 amide bonds. The third-order valence-electron chi connectivity index (χ3n) is 5.85. The van der Waals surface area contributed by atoms with E-state index in [1.54, 1.807) is 18.2 Å². The zero-order valence-electron chi connectivity index (χ0n) is 20.8. The molecule has 0 aliphatic rings. The molecule has 1 aromatic carbocycles. The van der Waals surface area contributed by atoms with E-state index >= 15 is 0 Å². The molecule has 184 valence electrons. The number of hydrogen-bond donors (Lipinski definition) is 0. The van der Waals surface area contributed by atoms with Gasteiger partial charge in [0.1, 0.15) is 17.1 Å². The lowest BCUT2D eigenvalue weighted by molar-refractivity contribution is -0.241. The fraction of sp³-hybridized carbons (Fsp3) is 0.741. The Hall–Kier alpha value is -1.75. The monoisotopic (exact) mass is 450 g/mol. The molecule has 0 unspecified atom stereocenters. The predicted octanol–water partition coefficient (Wildman–Crippen LogP) is 8.05. The molecule has 0 N–H and O–H groups in total. The minimum atomic E-state index is -0.601. The number of carbonyl (C=O) groups excluding carboxylic acids is 1. The molecule has 0 saturated carbocycles. The van der Waals surface area contributed by atoms with Crippen LogP contribution in [0, 0.1) is 0 Å². The first-order valence-electron chi connectivity index (χ1n) is 12.8. The lowest BCUT2D eigenvalue weighted by Crippen LogP contribution is -2.10. The Morgan fingerprint density at radius 2 is 1.06 bits per heavy atom. The van der Waals surface area contributed by atoms with Crippen LogP contribution in [0.5, 0.6) is 11.5 Å². The molecular formula is C27H46O5. The van der Waals surface area contributed by atoms with E-state index in [9.17, 15) is 4.79 Å². The predicted molar refractivity (Wildman–Crippen MR) is 130 cm³/mol. The zero-order valence-corrected chi connectivity index (χ0v) is 20.8. The summed E-state index contributed by atoms with van der Waals surface area (Å²) in [6.07, 6.45) is 21.2. The number of unbranched alkanes of at least 4 members (excludes halogenated alkanes) is 15. The van der Waals surface area contributed by atoms with Crippen LogP contribution in [0.2, 0.25) is 0 Å². The quantitative estimate of drug-likeness (QED) is 0.108. The maximum Gasteiger partial charge on any atom is 0.380 e. The maximum atomic E-state index is 12.3. The number of rotatable bonds is 21. The molecule has 0 radical (unpaired) electrons. The van der Waals surface area contributed by atoms with E-state index in [-0.39, 0.29) is 5.56 Å². The molecule has 5 nitrogen and oxygen atoms in total. The molecule has 32 heavy (non-hydrogen) atoms. The first-order valence-corrected chi connectivity index (χ1v) is 12.8. The van der Waals surface area contributed by atoms with Crippen molar-refractivity contribution in [2.24, 2.45) is 0 Å². The highest BCUT2D eigenvalue weighted by molar-refractivity contribution is 5.95. The third-order valence-corrected chi connectivity index (χ3v) is 5.85. The Morgan fingerprint density at radius 1 is 0.656 bits per heavy atom. The van der Waals surface area contributed by atoms with E-state index in [1.165, 1.54) is 104 Å². The standard InChI is InChI=1S/C27H46O5/c1-4-5-6-7-8-9-10-11-12-13-14-15-16-17-18-19-23-31-32-27(28)26-24(29-2)21-20-22-25(26)30-3/h20-22H,4-19,23H2,1-3H3. The summed E-state index contributed by atoms with van der Waals surface area (Å²) in [5.74, 6) is 0.205. The van der Waals surface area contributed by atoms with Crippen LogP contribution in [0.3, 0.4) is 0 Å². The Balaban J connectivity index is 1.92. The highest BCUT2D eigenvalue weighted by Crippen LogP contribution is 2.29. The van der Waals surface area contributed by atoms with Crippen molar-refractivity contribution in [3.63, 3.8) is 0 Å². The van der Waals surface area contributed by atoms with Crippen LogP contribution in [0.4, 0.5) is 0 Å². The van der Waals surface area contributed by atoms with E-state index in [1.807, 2.05) is 0 Å². The Labute approximate surface area is 196 Å². The summed E-state index contributed by atoms with van der Waals surface area (Å²) < 4.78 is 10.4. The molecule has 0 saturated heterocycles. The smallest absolute Gasteiger partial charge is 0.380 e.